The molecule has 16 heavy (non-hydrogen) atoms. The summed E-state index contributed by atoms with van der Waals surface area (Å²) in [6.45, 7) is 6.35. The van der Waals surface area contributed by atoms with Crippen LogP contribution in [-0.2, 0) is 11.3 Å². The Labute approximate surface area is 94.9 Å². The lowest BCUT2D eigenvalue weighted by Gasteiger charge is -2.06. The van der Waals surface area contributed by atoms with Gasteiger partial charge in [0.1, 0.15) is 0 Å². The van der Waals surface area contributed by atoms with Gasteiger partial charge in [-0.1, -0.05) is 6.07 Å². The third kappa shape index (κ3) is 1.97. The zero-order chi connectivity index (χ0) is 11.5. The Kier molecular flexibility index (Phi) is 3.01. The summed E-state index contributed by atoms with van der Waals surface area (Å²) in [7, 11) is 1.66. The van der Waals surface area contributed by atoms with Crippen molar-refractivity contribution < 1.29 is 4.74 Å². The van der Waals surface area contributed by atoms with Crippen LogP contribution in [0.5, 0.6) is 0 Å². The summed E-state index contributed by atoms with van der Waals surface area (Å²) in [4.78, 5) is 4.31. The summed E-state index contributed by atoms with van der Waals surface area (Å²) in [6, 6.07) is 3.87. The van der Waals surface area contributed by atoms with Crippen LogP contribution in [0.1, 0.15) is 16.8 Å². The Hall–Kier alpha value is -1.68. The highest BCUT2D eigenvalue weighted by atomic mass is 16.5. The first kappa shape index (κ1) is 10.8. The zero-order valence-electron chi connectivity index (χ0n) is 9.47. The van der Waals surface area contributed by atoms with Gasteiger partial charge in [-0.05, 0) is 25.5 Å². The number of hydrogen-bond donors (Lipinski definition) is 0. The van der Waals surface area contributed by atoms with Crippen LogP contribution in [0.3, 0.4) is 0 Å². The predicted molar refractivity (Wildman–Crippen MR) is 61.3 cm³/mol. The molecular weight excluding hydrogens is 202 g/mol. The lowest BCUT2D eigenvalue weighted by Crippen LogP contribution is -2.04. The predicted octanol–water partition coefficient (Wildman–Crippen LogP) is 1.90. The highest BCUT2D eigenvalue weighted by molar-refractivity contribution is 5.34. The maximum absolute atomic E-state index is 5.13. The van der Waals surface area contributed by atoms with E-state index in [0.717, 1.165) is 22.6 Å². The molecule has 0 amide bonds. The van der Waals surface area contributed by atoms with Gasteiger partial charge >= 0.3 is 0 Å². The summed E-state index contributed by atoms with van der Waals surface area (Å²) in [5.74, 6) is 0.794. The fourth-order valence-corrected chi connectivity index (χ4v) is 1.51. The van der Waals surface area contributed by atoms with Crippen LogP contribution in [-0.4, -0.2) is 21.9 Å². The average molecular weight is 216 g/mol. The van der Waals surface area contributed by atoms with Gasteiger partial charge in [0.05, 0.1) is 12.3 Å². The number of nitrogens with zero attached hydrogens (tertiary/aromatic N) is 3. The number of rotatable bonds is 3. The van der Waals surface area contributed by atoms with Crippen LogP contribution in [0.15, 0.2) is 24.5 Å². The number of pyridine rings is 1. The van der Waals surface area contributed by atoms with Crippen molar-refractivity contribution in [2.24, 2.45) is 0 Å². The van der Waals surface area contributed by atoms with E-state index >= 15 is 0 Å². The molecule has 2 rings (SSSR count). The second kappa shape index (κ2) is 4.45. The Morgan fingerprint density at radius 1 is 1.50 bits per heavy atom. The fraction of sp³-hybridized carbons (Fsp3) is 0.250. The number of methoxy groups -OCH3 is 1. The van der Waals surface area contributed by atoms with Crippen molar-refractivity contribution in [3.63, 3.8) is 0 Å². The highest BCUT2D eigenvalue weighted by Gasteiger charge is 2.08. The van der Waals surface area contributed by atoms with Gasteiger partial charge in [0.2, 0.25) is 0 Å². The number of aromatic nitrogens is 3. The maximum Gasteiger partial charge on any atom is 0.158 e. The minimum atomic E-state index is 0.522. The monoisotopic (exact) mass is 216 g/mol. The van der Waals surface area contributed by atoms with E-state index in [1.807, 2.05) is 25.3 Å². The highest BCUT2D eigenvalue weighted by Crippen LogP contribution is 2.13. The first-order valence-corrected chi connectivity index (χ1v) is 5.04. The Morgan fingerprint density at radius 3 is 2.94 bits per heavy atom. The Bertz CT molecular complexity index is 471. The first-order chi connectivity index (χ1) is 7.72. The quantitative estimate of drug-likeness (QED) is 0.786. The van der Waals surface area contributed by atoms with Crippen LogP contribution in [0.25, 0.3) is 5.82 Å². The molecule has 2 aromatic heterocycles. The molecule has 2 aromatic rings. The summed E-state index contributed by atoms with van der Waals surface area (Å²) >= 11 is 0. The number of aryl methyl sites for hydroxylation is 1. The molecule has 4 heteroatoms. The molecule has 0 aliphatic carbocycles. The van der Waals surface area contributed by atoms with Gasteiger partial charge < -0.3 is 4.74 Å². The van der Waals surface area contributed by atoms with E-state index in [-0.39, 0.29) is 0 Å². The third-order valence-electron chi connectivity index (χ3n) is 2.38. The molecule has 0 N–H and O–H groups in total. The first-order valence-electron chi connectivity index (χ1n) is 5.04. The maximum atomic E-state index is 5.13. The van der Waals surface area contributed by atoms with Gasteiger partial charge in [-0.25, -0.2) is 9.67 Å². The molecule has 0 unspecified atom stereocenters. The molecule has 0 saturated heterocycles. The van der Waals surface area contributed by atoms with Crippen molar-refractivity contribution in [3.8, 4) is 5.82 Å². The lowest BCUT2D eigenvalue weighted by molar-refractivity contribution is 0.184. The topological polar surface area (TPSA) is 39.9 Å². The summed E-state index contributed by atoms with van der Waals surface area (Å²) in [5, 5.41) is 4.36. The van der Waals surface area contributed by atoms with Crippen LogP contribution in [0.4, 0.5) is 0 Å². The van der Waals surface area contributed by atoms with Crippen molar-refractivity contribution in [3.05, 3.63) is 48.3 Å². The molecule has 0 aliphatic heterocycles. The molecule has 0 aliphatic rings. The summed E-state index contributed by atoms with van der Waals surface area (Å²) in [5.41, 5.74) is 2.83. The van der Waals surface area contributed by atoms with Crippen molar-refractivity contribution in [2.75, 3.05) is 7.11 Å². The van der Waals surface area contributed by atoms with Gasteiger partial charge in [-0.2, -0.15) is 5.10 Å². The molecule has 0 atom stereocenters. The van der Waals surface area contributed by atoms with E-state index in [2.05, 4.69) is 17.0 Å². The van der Waals surface area contributed by atoms with Crippen LogP contribution in [0.2, 0.25) is 0 Å². The van der Waals surface area contributed by atoms with Crippen molar-refractivity contribution >= 4 is 0 Å². The molecule has 83 valence electrons. The molecule has 0 aromatic carbocycles. The minimum Gasteiger partial charge on any atom is -0.380 e. The second-order valence-corrected chi connectivity index (χ2v) is 3.60. The molecule has 1 radical (unpaired) electrons. The van der Waals surface area contributed by atoms with Gasteiger partial charge in [-0.15, -0.1) is 0 Å². The van der Waals surface area contributed by atoms with Crippen molar-refractivity contribution in [1.82, 2.24) is 14.8 Å². The Balaban J connectivity index is 2.46. The minimum absolute atomic E-state index is 0.522. The number of ether oxygens (including phenoxy) is 1. The second-order valence-electron chi connectivity index (χ2n) is 3.60. The van der Waals surface area contributed by atoms with Crippen molar-refractivity contribution in [1.29, 1.82) is 0 Å². The molecular formula is C12H14N3O. The summed E-state index contributed by atoms with van der Waals surface area (Å²) < 4.78 is 6.87. The molecule has 0 bridgehead atoms. The molecule has 4 nitrogen and oxygen atoms in total. The van der Waals surface area contributed by atoms with E-state index in [4.69, 9.17) is 4.74 Å². The van der Waals surface area contributed by atoms with E-state index in [1.165, 1.54) is 0 Å². The van der Waals surface area contributed by atoms with Gasteiger partial charge in [0.15, 0.2) is 5.82 Å². The Morgan fingerprint density at radius 2 is 2.31 bits per heavy atom. The lowest BCUT2D eigenvalue weighted by atomic mass is 10.2. The van der Waals surface area contributed by atoms with Crippen LogP contribution in [0, 0.1) is 13.8 Å². The van der Waals surface area contributed by atoms with Crippen molar-refractivity contribution in [2.45, 2.75) is 13.5 Å². The zero-order valence-corrected chi connectivity index (χ0v) is 9.47. The SMILES string of the molecule is [CH2]c1cn(-c2ncccc2COC)nc1C. The van der Waals surface area contributed by atoms with Gasteiger partial charge in [0, 0.05) is 25.1 Å². The van der Waals surface area contributed by atoms with E-state index in [9.17, 15) is 0 Å². The van der Waals surface area contributed by atoms with E-state index in [0.29, 0.717) is 6.61 Å². The molecule has 0 spiro atoms. The number of hydrogen-bond acceptors (Lipinski definition) is 3. The van der Waals surface area contributed by atoms with E-state index < -0.39 is 0 Å². The van der Waals surface area contributed by atoms with Gasteiger partial charge in [-0.3, -0.25) is 0 Å². The molecule has 0 fully saturated rings. The fourth-order valence-electron chi connectivity index (χ4n) is 1.51. The standard InChI is InChI=1S/C12H14N3O/c1-9-7-15(14-10(9)2)12-11(8-16-3)5-4-6-13-12/h4-7H,1,8H2,2-3H3. The smallest absolute Gasteiger partial charge is 0.158 e. The molecule has 0 saturated carbocycles. The van der Waals surface area contributed by atoms with Gasteiger partial charge in [0.25, 0.3) is 0 Å². The largest absolute Gasteiger partial charge is 0.380 e. The van der Waals surface area contributed by atoms with E-state index in [1.54, 1.807) is 18.0 Å². The summed E-state index contributed by atoms with van der Waals surface area (Å²) in [6.07, 6.45) is 3.62. The normalized spacial score (nSPS) is 10.7. The average Bonchev–Trinajstić information content (AvgIpc) is 2.60. The van der Waals surface area contributed by atoms with Crippen LogP contribution >= 0.6 is 0 Å². The van der Waals surface area contributed by atoms with Crippen LogP contribution < -0.4 is 0 Å². The third-order valence-corrected chi connectivity index (χ3v) is 2.38. The molecule has 2 heterocycles.